The van der Waals surface area contributed by atoms with Crippen LogP contribution in [0.5, 0.6) is 0 Å². The molecule has 1 atom stereocenters. The first-order valence-corrected chi connectivity index (χ1v) is 6.83. The lowest BCUT2D eigenvalue weighted by Crippen LogP contribution is -2.17. The molecule has 4 nitrogen and oxygen atoms in total. The molecule has 0 radical (unpaired) electrons. The highest BCUT2D eigenvalue weighted by Gasteiger charge is 2.29. The van der Waals surface area contributed by atoms with Crippen LogP contribution in [0.4, 0.5) is 0 Å². The Hall–Kier alpha value is -0.940. The van der Waals surface area contributed by atoms with Gasteiger partial charge in [0.15, 0.2) is 0 Å². The maximum atomic E-state index is 11.1. The number of fused-ring (bicyclic) bond motifs is 1. The first-order chi connectivity index (χ1) is 8.22. The van der Waals surface area contributed by atoms with Gasteiger partial charge in [0.25, 0.3) is 0 Å². The van der Waals surface area contributed by atoms with E-state index in [0.717, 1.165) is 41.4 Å². The van der Waals surface area contributed by atoms with Crippen LogP contribution in [0.2, 0.25) is 0 Å². The van der Waals surface area contributed by atoms with E-state index in [1.54, 1.807) is 11.3 Å². The summed E-state index contributed by atoms with van der Waals surface area (Å²) < 4.78 is 5.44. The number of carboxylic acid groups (broad SMARTS) is 1. The molecule has 1 aromatic heterocycles. The monoisotopic (exact) mass is 255 g/mol. The zero-order chi connectivity index (χ0) is 12.3. The molecule has 0 saturated heterocycles. The van der Waals surface area contributed by atoms with Crippen molar-refractivity contribution in [3.63, 3.8) is 0 Å². The fraction of sp³-hybridized carbons (Fsp3) is 0.667. The van der Waals surface area contributed by atoms with Crippen molar-refractivity contribution in [2.24, 2.45) is 0 Å². The van der Waals surface area contributed by atoms with E-state index in [0.29, 0.717) is 13.0 Å². The highest BCUT2D eigenvalue weighted by atomic mass is 32.1. The molecule has 0 aromatic carbocycles. The van der Waals surface area contributed by atoms with E-state index in [2.05, 4.69) is 11.9 Å². The predicted octanol–water partition coefficient (Wildman–Crippen LogP) is 2.57. The van der Waals surface area contributed by atoms with Gasteiger partial charge >= 0.3 is 5.97 Å². The summed E-state index contributed by atoms with van der Waals surface area (Å²) in [6.45, 7) is 3.30. The smallest absolute Gasteiger partial charge is 0.312 e. The molecule has 1 aromatic rings. The number of aromatic nitrogens is 1. The lowest BCUT2D eigenvalue weighted by atomic mass is 9.91. The minimum atomic E-state index is -0.753. The fourth-order valence-electron chi connectivity index (χ4n) is 2.07. The predicted molar refractivity (Wildman–Crippen MR) is 65.4 cm³/mol. The highest BCUT2D eigenvalue weighted by molar-refractivity contribution is 7.11. The average Bonchev–Trinajstić information content (AvgIpc) is 2.71. The Balaban J connectivity index is 2.10. The number of aliphatic carboxylic acids is 1. The zero-order valence-electron chi connectivity index (χ0n) is 9.94. The van der Waals surface area contributed by atoms with Crippen LogP contribution < -0.4 is 0 Å². The van der Waals surface area contributed by atoms with Gasteiger partial charge in [0, 0.05) is 11.5 Å². The first-order valence-electron chi connectivity index (χ1n) is 6.01. The molecule has 1 unspecified atom stereocenters. The summed E-state index contributed by atoms with van der Waals surface area (Å²) in [5, 5.41) is 10.1. The van der Waals surface area contributed by atoms with Gasteiger partial charge in [-0.1, -0.05) is 6.92 Å². The number of nitrogens with zero attached hydrogens (tertiary/aromatic N) is 1. The third-order valence-corrected chi connectivity index (χ3v) is 3.98. The summed E-state index contributed by atoms with van der Waals surface area (Å²) in [5.41, 5.74) is 0.781. The maximum absolute atomic E-state index is 11.1. The molecule has 0 amide bonds. The van der Waals surface area contributed by atoms with Crippen molar-refractivity contribution < 1.29 is 14.6 Å². The molecule has 5 heteroatoms. The third-order valence-electron chi connectivity index (χ3n) is 2.87. The molecule has 2 rings (SSSR count). The normalized spacial score (nSPS) is 19.0. The second kappa shape index (κ2) is 5.60. The third kappa shape index (κ3) is 2.84. The largest absolute Gasteiger partial charge is 0.481 e. The summed E-state index contributed by atoms with van der Waals surface area (Å²) in [6, 6.07) is 0. The number of hydrogen-bond acceptors (Lipinski definition) is 4. The molecule has 94 valence electrons. The molecule has 1 aliphatic rings. The number of carboxylic acids is 1. The van der Waals surface area contributed by atoms with Crippen LogP contribution in [0, 0.1) is 0 Å². The molecule has 0 fully saturated rings. The molecular weight excluding hydrogens is 238 g/mol. The molecule has 1 N–H and O–H groups in total. The maximum Gasteiger partial charge on any atom is 0.312 e. The van der Waals surface area contributed by atoms with E-state index < -0.39 is 11.9 Å². The molecule has 0 saturated carbocycles. The van der Waals surface area contributed by atoms with Gasteiger partial charge in [0.05, 0.1) is 18.2 Å². The molecule has 0 bridgehead atoms. The van der Waals surface area contributed by atoms with Crippen molar-refractivity contribution in [1.29, 1.82) is 0 Å². The van der Waals surface area contributed by atoms with Crippen molar-refractivity contribution in [2.75, 3.05) is 6.61 Å². The SMILES string of the molecule is CCCOCc1nc2c(s1)CCCC2C(=O)O. The van der Waals surface area contributed by atoms with Crippen LogP contribution in [-0.4, -0.2) is 22.7 Å². The van der Waals surface area contributed by atoms with E-state index in [1.165, 1.54) is 0 Å². The summed E-state index contributed by atoms with van der Waals surface area (Å²) in [4.78, 5) is 16.7. The van der Waals surface area contributed by atoms with Gasteiger partial charge in [-0.2, -0.15) is 0 Å². The van der Waals surface area contributed by atoms with Gasteiger partial charge in [-0.3, -0.25) is 4.79 Å². The van der Waals surface area contributed by atoms with Crippen LogP contribution >= 0.6 is 11.3 Å². The molecule has 1 aliphatic carbocycles. The van der Waals surface area contributed by atoms with Gasteiger partial charge < -0.3 is 9.84 Å². The fourth-order valence-corrected chi connectivity index (χ4v) is 3.18. The van der Waals surface area contributed by atoms with Crippen LogP contribution in [-0.2, 0) is 22.6 Å². The zero-order valence-corrected chi connectivity index (χ0v) is 10.8. The summed E-state index contributed by atoms with van der Waals surface area (Å²) in [6.07, 6.45) is 3.61. The molecule has 17 heavy (non-hydrogen) atoms. The van der Waals surface area contributed by atoms with Gasteiger partial charge in [-0.15, -0.1) is 11.3 Å². The number of ether oxygens (including phenoxy) is 1. The minimum absolute atomic E-state index is 0.407. The number of thiazole rings is 1. The Morgan fingerprint density at radius 2 is 2.47 bits per heavy atom. The Labute approximate surface area is 105 Å². The van der Waals surface area contributed by atoms with E-state index in [1.807, 2.05) is 0 Å². The highest BCUT2D eigenvalue weighted by Crippen LogP contribution is 2.35. The lowest BCUT2D eigenvalue weighted by Gasteiger charge is -2.16. The second-order valence-corrected chi connectivity index (χ2v) is 5.42. The van der Waals surface area contributed by atoms with E-state index in [9.17, 15) is 4.79 Å². The van der Waals surface area contributed by atoms with Gasteiger partial charge in [-0.05, 0) is 25.7 Å². The topological polar surface area (TPSA) is 59.4 Å². The summed E-state index contributed by atoms with van der Waals surface area (Å²) in [7, 11) is 0. The van der Waals surface area contributed by atoms with Crippen molar-refractivity contribution in [3.8, 4) is 0 Å². The van der Waals surface area contributed by atoms with E-state index in [-0.39, 0.29) is 0 Å². The quantitative estimate of drug-likeness (QED) is 0.821. The van der Waals surface area contributed by atoms with Crippen molar-refractivity contribution >= 4 is 17.3 Å². The van der Waals surface area contributed by atoms with Crippen molar-refractivity contribution in [2.45, 2.75) is 45.1 Å². The van der Waals surface area contributed by atoms with E-state index in [4.69, 9.17) is 9.84 Å². The van der Waals surface area contributed by atoms with Crippen LogP contribution in [0.1, 0.15) is 47.7 Å². The van der Waals surface area contributed by atoms with Gasteiger partial charge in [0.2, 0.25) is 0 Å². The molecule has 1 heterocycles. The van der Waals surface area contributed by atoms with E-state index >= 15 is 0 Å². The van der Waals surface area contributed by atoms with Crippen LogP contribution in [0.25, 0.3) is 0 Å². The average molecular weight is 255 g/mol. The Kier molecular flexibility index (Phi) is 4.12. The number of hydrogen-bond donors (Lipinski definition) is 1. The van der Waals surface area contributed by atoms with Crippen LogP contribution in [0.15, 0.2) is 0 Å². The number of rotatable bonds is 5. The molecular formula is C12H17NO3S. The number of carbonyl (C=O) groups is 1. The summed E-state index contributed by atoms with van der Waals surface area (Å²) in [5.74, 6) is -1.16. The molecule has 0 aliphatic heterocycles. The standard InChI is InChI=1S/C12H17NO3S/c1-2-6-16-7-10-13-11-8(12(14)15)4-3-5-9(11)17-10/h8H,2-7H2,1H3,(H,14,15). The lowest BCUT2D eigenvalue weighted by molar-refractivity contribution is -0.139. The van der Waals surface area contributed by atoms with Gasteiger partial charge in [-0.25, -0.2) is 4.98 Å². The Bertz CT molecular complexity index is 402. The Morgan fingerprint density at radius 1 is 1.65 bits per heavy atom. The Morgan fingerprint density at radius 3 is 3.18 bits per heavy atom. The second-order valence-electron chi connectivity index (χ2n) is 4.25. The van der Waals surface area contributed by atoms with Crippen molar-refractivity contribution in [3.05, 3.63) is 15.6 Å². The minimum Gasteiger partial charge on any atom is -0.481 e. The van der Waals surface area contributed by atoms with Crippen LogP contribution in [0.3, 0.4) is 0 Å². The molecule has 0 spiro atoms. The van der Waals surface area contributed by atoms with Gasteiger partial charge in [0.1, 0.15) is 5.01 Å². The van der Waals surface area contributed by atoms with Crippen molar-refractivity contribution in [1.82, 2.24) is 4.98 Å². The first kappa shape index (κ1) is 12.5. The number of aryl methyl sites for hydroxylation is 1. The summed E-state index contributed by atoms with van der Waals surface area (Å²) >= 11 is 1.61.